The summed E-state index contributed by atoms with van der Waals surface area (Å²) in [6, 6.07) is 16.3. The Labute approximate surface area is 255 Å². The summed E-state index contributed by atoms with van der Waals surface area (Å²) in [6.07, 6.45) is -5.02. The minimum absolute atomic E-state index is 0.0665. The van der Waals surface area contributed by atoms with Crippen LogP contribution in [0.3, 0.4) is 0 Å². The second-order valence-corrected chi connectivity index (χ2v) is 12.1. The molecule has 0 fully saturated rings. The van der Waals surface area contributed by atoms with Gasteiger partial charge in [0.1, 0.15) is 0 Å². The number of ether oxygens (including phenoxy) is 3. The van der Waals surface area contributed by atoms with Crippen LogP contribution in [-0.4, -0.2) is 61.9 Å². The summed E-state index contributed by atoms with van der Waals surface area (Å²) in [5, 5.41) is 3.87. The van der Waals surface area contributed by atoms with Gasteiger partial charge in [0.05, 0.1) is 29.0 Å². The van der Waals surface area contributed by atoms with Crippen molar-refractivity contribution in [3.8, 4) is 17.2 Å². The molecule has 2 aliphatic rings. The number of fused-ring (bicyclic) bond motifs is 2. The third kappa shape index (κ3) is 5.37. The molecule has 4 aromatic rings. The van der Waals surface area contributed by atoms with Crippen LogP contribution in [0.1, 0.15) is 37.7 Å². The number of halogens is 3. The van der Waals surface area contributed by atoms with Crippen molar-refractivity contribution >= 4 is 27.6 Å². The zero-order chi connectivity index (χ0) is 32.1. The number of esters is 1. The molecule has 0 bridgehead atoms. The summed E-state index contributed by atoms with van der Waals surface area (Å²) in [4.78, 5) is 26.6. The molecule has 11 nitrogen and oxygen atoms in total. The van der Waals surface area contributed by atoms with Crippen molar-refractivity contribution < 1.29 is 45.4 Å². The third-order valence-corrected chi connectivity index (χ3v) is 9.49. The van der Waals surface area contributed by atoms with Crippen LogP contribution in [0.25, 0.3) is 5.69 Å². The lowest BCUT2D eigenvalue weighted by Crippen LogP contribution is -2.37. The van der Waals surface area contributed by atoms with Crippen molar-refractivity contribution in [2.24, 2.45) is 0 Å². The molecule has 1 aromatic heterocycles. The molecule has 15 heteroatoms. The van der Waals surface area contributed by atoms with Gasteiger partial charge in [-0.3, -0.25) is 4.79 Å². The van der Waals surface area contributed by atoms with Gasteiger partial charge in [-0.05, 0) is 42.5 Å². The molecule has 0 saturated heterocycles. The molecule has 0 unspecified atom stereocenters. The minimum atomic E-state index is -4.90. The van der Waals surface area contributed by atoms with Crippen molar-refractivity contribution in [1.82, 2.24) is 14.1 Å². The van der Waals surface area contributed by atoms with Crippen LogP contribution in [0, 0.1) is 0 Å². The van der Waals surface area contributed by atoms with Gasteiger partial charge in [-0.1, -0.05) is 18.2 Å². The zero-order valence-corrected chi connectivity index (χ0v) is 24.7. The fourth-order valence-corrected chi connectivity index (χ4v) is 6.91. The lowest BCUT2D eigenvalue weighted by molar-refractivity contribution is -0.142. The molecule has 0 saturated carbocycles. The predicted molar refractivity (Wildman–Crippen MR) is 153 cm³/mol. The van der Waals surface area contributed by atoms with E-state index in [1.165, 1.54) is 53.4 Å². The quantitative estimate of drug-likeness (QED) is 0.284. The van der Waals surface area contributed by atoms with Crippen molar-refractivity contribution in [2.45, 2.75) is 24.0 Å². The van der Waals surface area contributed by atoms with Gasteiger partial charge in [-0.15, -0.1) is 0 Å². The molecule has 0 radical (unpaired) electrons. The maximum absolute atomic E-state index is 14.3. The fraction of sp³-hybridized carbons (Fsp3) is 0.233. The second kappa shape index (κ2) is 11.2. The molecule has 6 rings (SSSR count). The van der Waals surface area contributed by atoms with Crippen LogP contribution in [0.2, 0.25) is 0 Å². The number of amides is 1. The number of rotatable bonds is 6. The molecule has 0 N–H and O–H groups in total. The van der Waals surface area contributed by atoms with Gasteiger partial charge in [0, 0.05) is 49.4 Å². The van der Waals surface area contributed by atoms with E-state index >= 15 is 0 Å². The van der Waals surface area contributed by atoms with Crippen molar-refractivity contribution in [3.05, 3.63) is 94.8 Å². The molecular weight excluding hydrogens is 617 g/mol. The first-order valence-corrected chi connectivity index (χ1v) is 15.0. The van der Waals surface area contributed by atoms with Gasteiger partial charge in [-0.2, -0.15) is 22.6 Å². The van der Waals surface area contributed by atoms with Crippen molar-refractivity contribution in [3.63, 3.8) is 0 Å². The average molecular weight is 643 g/mol. The van der Waals surface area contributed by atoms with Gasteiger partial charge in [0.15, 0.2) is 17.2 Å². The summed E-state index contributed by atoms with van der Waals surface area (Å²) < 4.78 is 87.4. The van der Waals surface area contributed by atoms with E-state index in [0.717, 1.165) is 16.1 Å². The summed E-state index contributed by atoms with van der Waals surface area (Å²) in [5.41, 5.74) is -0.743. The predicted octanol–water partition coefficient (Wildman–Crippen LogP) is 4.43. The Hall–Kier alpha value is -4.89. The number of hydrogen-bond donors (Lipinski definition) is 0. The van der Waals surface area contributed by atoms with Crippen LogP contribution in [0.4, 0.5) is 18.9 Å². The highest BCUT2D eigenvalue weighted by atomic mass is 32.2. The number of aromatic nitrogens is 2. The van der Waals surface area contributed by atoms with E-state index in [1.807, 2.05) is 0 Å². The number of methoxy groups -OCH3 is 1. The smallest absolute Gasteiger partial charge is 0.435 e. The maximum Gasteiger partial charge on any atom is 0.435 e. The van der Waals surface area contributed by atoms with Crippen LogP contribution >= 0.6 is 0 Å². The van der Waals surface area contributed by atoms with E-state index in [2.05, 4.69) is 5.10 Å². The summed E-state index contributed by atoms with van der Waals surface area (Å²) >= 11 is 0. The van der Waals surface area contributed by atoms with Gasteiger partial charge in [-0.25, -0.2) is 17.9 Å². The number of carbonyl (C=O) groups excluding carboxylic acids is 2. The standard InChI is InChI=1S/C30H25F3N4O7S/c1-35(19-10-11-24-25(15-19)44-17-43-24)28(38)18-6-5-7-20(14-18)37-23-12-13-36(16-22(23)27(34-37)30(31,32)33)45(40,41)26-9-4-3-8-21(26)29(39)42-2/h3-11,14-15H,12-13,16-17H2,1-2H3. The van der Waals surface area contributed by atoms with E-state index in [0.29, 0.717) is 17.2 Å². The summed E-state index contributed by atoms with van der Waals surface area (Å²) in [6.45, 7) is -0.746. The van der Waals surface area contributed by atoms with Gasteiger partial charge in [0.25, 0.3) is 5.91 Å². The Bertz CT molecular complexity index is 1940. The molecule has 3 heterocycles. The number of nitrogens with zero attached hydrogens (tertiary/aromatic N) is 4. The Morgan fingerprint density at radius 2 is 1.76 bits per heavy atom. The number of hydrogen-bond acceptors (Lipinski definition) is 8. The number of alkyl halides is 3. The minimum Gasteiger partial charge on any atom is -0.465 e. The van der Waals surface area contributed by atoms with Crippen LogP contribution in [0.15, 0.2) is 71.6 Å². The first-order chi connectivity index (χ1) is 21.4. The number of carbonyl (C=O) groups is 2. The largest absolute Gasteiger partial charge is 0.465 e. The van der Waals surface area contributed by atoms with Crippen LogP contribution in [-0.2, 0) is 33.9 Å². The molecule has 1 amide bonds. The Morgan fingerprint density at radius 3 is 2.51 bits per heavy atom. The highest BCUT2D eigenvalue weighted by molar-refractivity contribution is 7.89. The van der Waals surface area contributed by atoms with Crippen LogP contribution in [0.5, 0.6) is 11.5 Å². The van der Waals surface area contributed by atoms with Gasteiger partial charge < -0.3 is 19.1 Å². The molecule has 2 aliphatic heterocycles. The zero-order valence-electron chi connectivity index (χ0n) is 23.9. The highest BCUT2D eigenvalue weighted by Gasteiger charge is 2.43. The Kier molecular flexibility index (Phi) is 7.53. The molecule has 234 valence electrons. The molecule has 0 aliphatic carbocycles. The maximum atomic E-state index is 14.3. The first kappa shape index (κ1) is 30.1. The van der Waals surface area contributed by atoms with E-state index < -0.39 is 40.3 Å². The second-order valence-electron chi connectivity index (χ2n) is 10.2. The van der Waals surface area contributed by atoms with Crippen molar-refractivity contribution in [2.75, 3.05) is 32.4 Å². The molecular formula is C30H25F3N4O7S. The van der Waals surface area contributed by atoms with Crippen molar-refractivity contribution in [1.29, 1.82) is 0 Å². The normalized spacial score (nSPS) is 14.6. The number of anilines is 1. The highest BCUT2D eigenvalue weighted by Crippen LogP contribution is 2.38. The van der Waals surface area contributed by atoms with E-state index in [9.17, 15) is 31.2 Å². The molecule has 45 heavy (non-hydrogen) atoms. The number of sulfonamides is 1. The number of benzene rings is 3. The summed E-state index contributed by atoms with van der Waals surface area (Å²) in [5.74, 6) is -0.304. The van der Waals surface area contributed by atoms with Crippen LogP contribution < -0.4 is 14.4 Å². The summed E-state index contributed by atoms with van der Waals surface area (Å²) in [7, 11) is -1.75. The Balaban J connectivity index is 1.34. The SMILES string of the molecule is COC(=O)c1ccccc1S(=O)(=O)N1CCc2c(c(C(F)(F)F)nn2-c2cccc(C(=O)N(C)c3ccc4c(c3)OCO4)c2)C1. The fourth-order valence-electron chi connectivity index (χ4n) is 5.33. The lowest BCUT2D eigenvalue weighted by atomic mass is 10.1. The molecule has 0 atom stereocenters. The van der Waals surface area contributed by atoms with Gasteiger partial charge >= 0.3 is 12.1 Å². The van der Waals surface area contributed by atoms with Gasteiger partial charge in [0.2, 0.25) is 16.8 Å². The van der Waals surface area contributed by atoms with E-state index in [-0.39, 0.29) is 52.7 Å². The topological polar surface area (TPSA) is 120 Å². The first-order valence-electron chi connectivity index (χ1n) is 13.5. The van der Waals surface area contributed by atoms with E-state index in [4.69, 9.17) is 14.2 Å². The molecule has 0 spiro atoms. The van der Waals surface area contributed by atoms with E-state index in [1.54, 1.807) is 25.2 Å². The monoisotopic (exact) mass is 642 g/mol. The Morgan fingerprint density at radius 1 is 1.00 bits per heavy atom. The lowest BCUT2D eigenvalue weighted by Gasteiger charge is -2.28. The average Bonchev–Trinajstić information content (AvgIpc) is 3.68. The molecule has 3 aromatic carbocycles. The third-order valence-electron chi connectivity index (χ3n) is 7.59.